The zero-order chi connectivity index (χ0) is 16.8. The minimum Gasteiger partial charge on any atom is -0.351 e. The highest BCUT2D eigenvalue weighted by atomic mass is 19.1. The van der Waals surface area contributed by atoms with E-state index < -0.39 is 0 Å². The van der Waals surface area contributed by atoms with Crippen molar-refractivity contribution in [3.63, 3.8) is 0 Å². The van der Waals surface area contributed by atoms with Crippen LogP contribution in [0.5, 0.6) is 0 Å². The lowest BCUT2D eigenvalue weighted by Gasteiger charge is -2.17. The van der Waals surface area contributed by atoms with Gasteiger partial charge in [0, 0.05) is 12.7 Å². The Morgan fingerprint density at radius 1 is 1.30 bits per heavy atom. The molecule has 0 radical (unpaired) electrons. The van der Waals surface area contributed by atoms with Gasteiger partial charge < -0.3 is 10.2 Å². The summed E-state index contributed by atoms with van der Waals surface area (Å²) in [5.74, 6) is -0.591. The molecule has 2 aromatic heterocycles. The number of nitrogens with one attached hydrogen (secondary N) is 1. The molecule has 0 aliphatic heterocycles. The molecule has 0 bridgehead atoms. The summed E-state index contributed by atoms with van der Waals surface area (Å²) in [6.45, 7) is 9.83. The first-order valence-electron chi connectivity index (χ1n) is 8.21. The normalized spacial score (nSPS) is 11.3. The summed E-state index contributed by atoms with van der Waals surface area (Å²) in [7, 11) is 0. The van der Waals surface area contributed by atoms with Gasteiger partial charge in [0.1, 0.15) is 17.2 Å². The van der Waals surface area contributed by atoms with Gasteiger partial charge in [-0.3, -0.25) is 9.20 Å². The SMILES string of the molecule is CCN(CC)CCCCNC(=O)c1c(C)nc2ccc(F)cn12. The van der Waals surface area contributed by atoms with Crippen LogP contribution in [0.15, 0.2) is 18.3 Å². The Balaban J connectivity index is 1.91. The lowest BCUT2D eigenvalue weighted by atomic mass is 10.2. The van der Waals surface area contributed by atoms with Crippen LogP contribution in [0, 0.1) is 12.7 Å². The quantitative estimate of drug-likeness (QED) is 0.761. The number of hydrogen-bond acceptors (Lipinski definition) is 3. The first kappa shape index (κ1) is 17.4. The van der Waals surface area contributed by atoms with E-state index in [1.807, 2.05) is 0 Å². The van der Waals surface area contributed by atoms with Gasteiger partial charge in [-0.1, -0.05) is 13.8 Å². The molecule has 1 N–H and O–H groups in total. The largest absolute Gasteiger partial charge is 0.351 e. The lowest BCUT2D eigenvalue weighted by Crippen LogP contribution is -2.28. The molecule has 0 spiro atoms. The number of amides is 1. The van der Waals surface area contributed by atoms with E-state index in [9.17, 15) is 9.18 Å². The van der Waals surface area contributed by atoms with Crippen molar-refractivity contribution in [3.05, 3.63) is 35.5 Å². The highest BCUT2D eigenvalue weighted by molar-refractivity contribution is 5.94. The fourth-order valence-corrected chi connectivity index (χ4v) is 2.70. The average Bonchev–Trinajstić information content (AvgIpc) is 2.86. The average molecular weight is 320 g/mol. The molecule has 2 heterocycles. The molecule has 0 aliphatic rings. The van der Waals surface area contributed by atoms with Gasteiger partial charge in [0.2, 0.25) is 0 Å². The van der Waals surface area contributed by atoms with Crippen LogP contribution in [0.4, 0.5) is 4.39 Å². The Hall–Kier alpha value is -1.95. The smallest absolute Gasteiger partial charge is 0.270 e. The van der Waals surface area contributed by atoms with Crippen molar-refractivity contribution in [2.45, 2.75) is 33.6 Å². The van der Waals surface area contributed by atoms with Crippen LogP contribution >= 0.6 is 0 Å². The van der Waals surface area contributed by atoms with Crippen molar-refractivity contribution in [1.82, 2.24) is 19.6 Å². The zero-order valence-electron chi connectivity index (χ0n) is 14.1. The number of hydrogen-bond donors (Lipinski definition) is 1. The monoisotopic (exact) mass is 320 g/mol. The van der Waals surface area contributed by atoms with E-state index in [2.05, 4.69) is 29.0 Å². The first-order valence-corrected chi connectivity index (χ1v) is 8.21. The zero-order valence-corrected chi connectivity index (χ0v) is 14.1. The molecule has 2 rings (SSSR count). The van der Waals surface area contributed by atoms with Crippen molar-refractivity contribution >= 4 is 11.6 Å². The van der Waals surface area contributed by atoms with Crippen molar-refractivity contribution < 1.29 is 9.18 Å². The summed E-state index contributed by atoms with van der Waals surface area (Å²) < 4.78 is 14.9. The molecule has 5 nitrogen and oxygen atoms in total. The van der Waals surface area contributed by atoms with Gasteiger partial charge in [-0.15, -0.1) is 0 Å². The maximum Gasteiger partial charge on any atom is 0.270 e. The number of halogens is 1. The van der Waals surface area contributed by atoms with Crippen molar-refractivity contribution in [2.24, 2.45) is 0 Å². The minimum absolute atomic E-state index is 0.205. The molecule has 0 fully saturated rings. The summed E-state index contributed by atoms with van der Waals surface area (Å²) in [4.78, 5) is 19.0. The van der Waals surface area contributed by atoms with Gasteiger partial charge in [0.15, 0.2) is 0 Å². The predicted octanol–water partition coefficient (Wildman–Crippen LogP) is 2.63. The molecule has 2 aromatic rings. The molecule has 6 heteroatoms. The van der Waals surface area contributed by atoms with E-state index in [0.29, 0.717) is 23.6 Å². The van der Waals surface area contributed by atoms with Gasteiger partial charge in [-0.05, 0) is 51.5 Å². The summed E-state index contributed by atoms with van der Waals surface area (Å²) in [5, 5.41) is 2.91. The maximum atomic E-state index is 13.4. The third-order valence-electron chi connectivity index (χ3n) is 4.05. The fourth-order valence-electron chi connectivity index (χ4n) is 2.70. The van der Waals surface area contributed by atoms with Crippen molar-refractivity contribution in [2.75, 3.05) is 26.2 Å². The number of unbranched alkanes of at least 4 members (excludes halogenated alkanes) is 1. The number of pyridine rings is 1. The number of fused-ring (bicyclic) bond motifs is 1. The van der Waals surface area contributed by atoms with Gasteiger partial charge in [-0.2, -0.15) is 0 Å². The van der Waals surface area contributed by atoms with Crippen LogP contribution in [0.3, 0.4) is 0 Å². The molecular weight excluding hydrogens is 295 g/mol. The highest BCUT2D eigenvalue weighted by Crippen LogP contribution is 2.13. The van der Waals surface area contributed by atoms with E-state index >= 15 is 0 Å². The van der Waals surface area contributed by atoms with Gasteiger partial charge in [0.05, 0.1) is 5.69 Å². The second-order valence-electron chi connectivity index (χ2n) is 5.61. The van der Waals surface area contributed by atoms with Gasteiger partial charge in [-0.25, -0.2) is 9.37 Å². The predicted molar refractivity (Wildman–Crippen MR) is 89.2 cm³/mol. The standard InChI is InChI=1S/C17H25FN4O/c1-4-21(5-2)11-7-6-10-19-17(23)16-13(3)20-15-9-8-14(18)12-22(15)16/h8-9,12H,4-7,10-11H2,1-3H3,(H,19,23). The number of nitrogens with zero attached hydrogens (tertiary/aromatic N) is 3. The second-order valence-corrected chi connectivity index (χ2v) is 5.61. The minimum atomic E-state index is -0.386. The van der Waals surface area contributed by atoms with Crippen LogP contribution in [0.1, 0.15) is 42.9 Å². The Labute approximate surface area is 136 Å². The number of aryl methyl sites for hydroxylation is 1. The van der Waals surface area contributed by atoms with E-state index in [1.165, 1.54) is 16.7 Å². The molecule has 0 aromatic carbocycles. The summed E-state index contributed by atoms with van der Waals surface area (Å²) >= 11 is 0. The molecule has 126 valence electrons. The number of imidazole rings is 1. The molecule has 0 atom stereocenters. The Bertz CT molecular complexity index is 664. The summed E-state index contributed by atoms with van der Waals surface area (Å²) in [6.07, 6.45) is 3.26. The molecule has 23 heavy (non-hydrogen) atoms. The topological polar surface area (TPSA) is 49.6 Å². The molecule has 0 aliphatic carbocycles. The lowest BCUT2D eigenvalue weighted by molar-refractivity contribution is 0.0946. The van der Waals surface area contributed by atoms with Crippen LogP contribution in [-0.2, 0) is 0 Å². The summed E-state index contributed by atoms with van der Waals surface area (Å²) in [6, 6.07) is 2.92. The second kappa shape index (κ2) is 8.06. The highest BCUT2D eigenvalue weighted by Gasteiger charge is 2.16. The van der Waals surface area contributed by atoms with Crippen LogP contribution in [0.2, 0.25) is 0 Å². The van der Waals surface area contributed by atoms with Crippen LogP contribution in [-0.4, -0.2) is 46.4 Å². The van der Waals surface area contributed by atoms with E-state index in [4.69, 9.17) is 0 Å². The fraction of sp³-hybridized carbons (Fsp3) is 0.529. The molecule has 0 unspecified atom stereocenters. The third-order valence-corrected chi connectivity index (χ3v) is 4.05. The molecular formula is C17H25FN4O. The van der Waals surface area contributed by atoms with Gasteiger partial charge in [0.25, 0.3) is 5.91 Å². The van der Waals surface area contributed by atoms with Crippen LogP contribution < -0.4 is 5.32 Å². The van der Waals surface area contributed by atoms with E-state index in [-0.39, 0.29) is 11.7 Å². The Morgan fingerprint density at radius 2 is 2.04 bits per heavy atom. The van der Waals surface area contributed by atoms with E-state index in [1.54, 1.807) is 13.0 Å². The molecule has 1 amide bonds. The third kappa shape index (κ3) is 4.28. The Morgan fingerprint density at radius 3 is 2.74 bits per heavy atom. The number of carbonyl (C=O) groups is 1. The maximum absolute atomic E-state index is 13.4. The summed E-state index contributed by atoms with van der Waals surface area (Å²) in [5.41, 5.74) is 1.59. The Kier molecular flexibility index (Phi) is 6.10. The molecule has 0 saturated carbocycles. The van der Waals surface area contributed by atoms with Crippen LogP contribution in [0.25, 0.3) is 5.65 Å². The van der Waals surface area contributed by atoms with Crippen molar-refractivity contribution in [1.29, 1.82) is 0 Å². The van der Waals surface area contributed by atoms with E-state index in [0.717, 1.165) is 32.5 Å². The number of aromatic nitrogens is 2. The number of rotatable bonds is 8. The number of carbonyl (C=O) groups excluding carboxylic acids is 1. The first-order chi connectivity index (χ1) is 11.1. The molecule has 0 saturated heterocycles. The van der Waals surface area contributed by atoms with Crippen molar-refractivity contribution in [3.8, 4) is 0 Å². The van der Waals surface area contributed by atoms with Gasteiger partial charge >= 0.3 is 0 Å².